The Morgan fingerprint density at radius 3 is 1.45 bits per heavy atom. The molecule has 0 unspecified atom stereocenters. The first-order valence-corrected chi connectivity index (χ1v) is 10.1. The van der Waals surface area contributed by atoms with E-state index in [2.05, 4.69) is 17.2 Å². The van der Waals surface area contributed by atoms with Crippen LogP contribution in [0.4, 0.5) is 11.4 Å². The predicted molar refractivity (Wildman–Crippen MR) is 113 cm³/mol. The zero-order valence-electron chi connectivity index (χ0n) is 16.0. The summed E-state index contributed by atoms with van der Waals surface area (Å²) < 4.78 is 25.5. The second kappa shape index (κ2) is 10.0. The highest BCUT2D eigenvalue weighted by Crippen LogP contribution is 2.23. The van der Waals surface area contributed by atoms with Crippen molar-refractivity contribution in [2.24, 2.45) is 0 Å². The fourth-order valence-corrected chi connectivity index (χ4v) is 3.52. The average Bonchev–Trinajstić information content (AvgIpc) is 2.71. The lowest BCUT2D eigenvalue weighted by atomic mass is 10.3. The summed E-state index contributed by atoms with van der Waals surface area (Å²) in [5, 5.41) is 22.3. The van der Waals surface area contributed by atoms with Crippen LogP contribution in [0.3, 0.4) is 0 Å². The number of carbonyl (C=O) groups excluding carboxylic acids is 2. The van der Waals surface area contributed by atoms with Gasteiger partial charge in [-0.25, -0.2) is 13.2 Å². The topological polar surface area (TPSA) is 150 Å². The number of rotatable bonds is 8. The number of benzene rings is 2. The molecule has 160 valence electrons. The number of sulfone groups is 1. The van der Waals surface area contributed by atoms with Crippen molar-refractivity contribution in [1.29, 1.82) is 0 Å². The average molecular weight is 442 g/mol. The molecule has 2 aromatic rings. The van der Waals surface area contributed by atoms with Crippen molar-refractivity contribution in [3.63, 3.8) is 0 Å². The van der Waals surface area contributed by atoms with Gasteiger partial charge in [0.05, 0.1) is 9.79 Å². The third-order valence-electron chi connectivity index (χ3n) is 3.67. The van der Waals surface area contributed by atoms with E-state index in [9.17, 15) is 22.8 Å². The van der Waals surface area contributed by atoms with E-state index < -0.39 is 27.6 Å². The van der Waals surface area contributed by atoms with Crippen molar-refractivity contribution < 1.29 is 33.0 Å². The van der Waals surface area contributed by atoms with Gasteiger partial charge in [0.15, 0.2) is 0 Å². The number of anilines is 2. The second-order valence-electron chi connectivity index (χ2n) is 6.03. The van der Waals surface area contributed by atoms with Crippen LogP contribution in [0.25, 0.3) is 0 Å². The van der Waals surface area contributed by atoms with Gasteiger partial charge in [0.25, 0.3) is 0 Å². The third-order valence-corrected chi connectivity index (χ3v) is 5.45. The van der Waals surface area contributed by atoms with E-state index in [0.29, 0.717) is 11.8 Å². The van der Waals surface area contributed by atoms with Gasteiger partial charge in [-0.2, -0.15) is 0 Å². The highest BCUT2D eigenvalue weighted by molar-refractivity contribution is 7.91. The molecule has 0 heterocycles. The molecule has 9 nitrogen and oxygen atoms in total. The zero-order chi connectivity index (χ0) is 23.0. The first kappa shape index (κ1) is 23.1. The number of aliphatic hydroxyl groups excluding tert-OH is 1. The van der Waals surface area contributed by atoms with Crippen molar-refractivity contribution in [2.45, 2.75) is 9.79 Å². The van der Waals surface area contributed by atoms with Crippen molar-refractivity contribution in [2.75, 3.05) is 10.6 Å². The number of nitrogens with one attached hydrogen (secondary N) is 2. The number of hydrogen-bond acceptors (Lipinski definition) is 6. The molecule has 2 rings (SSSR count). The van der Waals surface area contributed by atoms with Crippen LogP contribution < -0.4 is 10.6 Å². The van der Waals surface area contributed by atoms with E-state index in [0.717, 1.165) is 18.2 Å². The fraction of sp³-hybridized carbons (Fsp3) is 0. The van der Waals surface area contributed by atoms with Gasteiger partial charge in [0.1, 0.15) is 5.76 Å². The maximum absolute atomic E-state index is 12.8. The fourth-order valence-electron chi connectivity index (χ4n) is 2.26. The molecule has 0 aromatic heterocycles. The minimum Gasteiger partial charge on any atom is -0.509 e. The molecular weight excluding hydrogens is 424 g/mol. The molecule has 31 heavy (non-hydrogen) atoms. The minimum absolute atomic E-state index is 0.00838. The Morgan fingerprint density at radius 2 is 1.10 bits per heavy atom. The molecule has 0 bridgehead atoms. The lowest BCUT2D eigenvalue weighted by Crippen LogP contribution is -2.09. The van der Waals surface area contributed by atoms with Crippen LogP contribution in [0, 0.1) is 0 Å². The number of allylic oxidation sites excluding steroid dienone is 1. The van der Waals surface area contributed by atoms with Gasteiger partial charge >= 0.3 is 5.97 Å². The number of carboxylic acid groups (broad SMARTS) is 1. The van der Waals surface area contributed by atoms with E-state index in [-0.39, 0.29) is 21.2 Å². The quantitative estimate of drug-likeness (QED) is 0.279. The van der Waals surface area contributed by atoms with Crippen LogP contribution >= 0.6 is 0 Å². The van der Waals surface area contributed by atoms with Gasteiger partial charge in [0.2, 0.25) is 21.7 Å². The van der Waals surface area contributed by atoms with Crippen molar-refractivity contribution in [3.05, 3.63) is 85.2 Å². The molecule has 0 atom stereocenters. The number of carboxylic acids is 1. The molecule has 0 aliphatic carbocycles. The summed E-state index contributed by atoms with van der Waals surface area (Å²) in [6, 6.07) is 10.8. The van der Waals surface area contributed by atoms with Crippen LogP contribution in [0.5, 0.6) is 0 Å². The SMILES string of the molecule is C=C(O)/C=C\C(=O)Nc1ccc(S(=O)(=O)c2ccc(NC(=O)/C=C\C(=O)O)cc2)cc1. The Morgan fingerprint density at radius 1 is 0.710 bits per heavy atom. The van der Waals surface area contributed by atoms with E-state index in [1.54, 1.807) is 0 Å². The van der Waals surface area contributed by atoms with E-state index in [1.165, 1.54) is 48.5 Å². The Labute approximate surface area is 178 Å². The van der Waals surface area contributed by atoms with Gasteiger partial charge in [-0.3, -0.25) is 9.59 Å². The summed E-state index contributed by atoms with van der Waals surface area (Å²) in [7, 11) is -3.85. The first-order chi connectivity index (χ1) is 14.6. The first-order valence-electron chi connectivity index (χ1n) is 8.62. The molecular formula is C21H18N2O7S. The third kappa shape index (κ3) is 6.98. The lowest BCUT2D eigenvalue weighted by molar-refractivity contribution is -0.131. The van der Waals surface area contributed by atoms with Crippen LogP contribution in [-0.2, 0) is 24.2 Å². The minimum atomic E-state index is -3.85. The number of aliphatic carboxylic acids is 1. The van der Waals surface area contributed by atoms with E-state index in [4.69, 9.17) is 10.2 Å². The van der Waals surface area contributed by atoms with Crippen LogP contribution in [0.15, 0.2) is 95.0 Å². The van der Waals surface area contributed by atoms with Crippen molar-refractivity contribution in [3.8, 4) is 0 Å². The Bertz CT molecular complexity index is 1080. The number of hydrogen-bond donors (Lipinski definition) is 4. The number of amides is 2. The molecule has 0 fully saturated rings. The molecule has 0 spiro atoms. The standard InChI is InChI=1S/C21H18N2O7S/c1-14(24)2-11-19(25)22-15-3-7-17(8-4-15)31(29,30)18-9-5-16(6-10-18)23-20(26)12-13-21(27)28/h2-13,24H,1H2,(H,22,25)(H,23,26)(H,27,28)/b11-2-,13-12-. The molecule has 0 aliphatic rings. The zero-order valence-corrected chi connectivity index (χ0v) is 16.8. The summed E-state index contributed by atoms with van der Waals surface area (Å²) in [5.41, 5.74) is 0.639. The summed E-state index contributed by atoms with van der Waals surface area (Å²) in [5.74, 6) is -2.75. The van der Waals surface area contributed by atoms with Gasteiger partial charge in [0, 0.05) is 29.6 Å². The molecule has 0 radical (unpaired) electrons. The smallest absolute Gasteiger partial charge is 0.328 e. The van der Waals surface area contributed by atoms with Gasteiger partial charge < -0.3 is 20.8 Å². The maximum Gasteiger partial charge on any atom is 0.328 e. The normalized spacial score (nSPS) is 11.4. The predicted octanol–water partition coefficient (Wildman–Crippen LogP) is 2.67. The van der Waals surface area contributed by atoms with E-state index in [1.807, 2.05) is 0 Å². The Balaban J connectivity index is 2.11. The lowest BCUT2D eigenvalue weighted by Gasteiger charge is -2.08. The van der Waals surface area contributed by atoms with Gasteiger partial charge in [-0.15, -0.1) is 0 Å². The van der Waals surface area contributed by atoms with Crippen molar-refractivity contribution in [1.82, 2.24) is 0 Å². The Kier molecular flexibility index (Phi) is 7.48. The highest BCUT2D eigenvalue weighted by Gasteiger charge is 2.17. The number of carbonyl (C=O) groups is 3. The molecule has 2 amide bonds. The summed E-state index contributed by atoms with van der Waals surface area (Å²) >= 11 is 0. The summed E-state index contributed by atoms with van der Waals surface area (Å²) in [4.78, 5) is 33.6. The maximum atomic E-state index is 12.8. The number of aliphatic hydroxyl groups is 1. The highest BCUT2D eigenvalue weighted by atomic mass is 32.2. The molecule has 2 aromatic carbocycles. The summed E-state index contributed by atoms with van der Waals surface area (Å²) in [6.45, 7) is 3.21. The largest absolute Gasteiger partial charge is 0.509 e. The van der Waals surface area contributed by atoms with Crippen LogP contribution in [0.2, 0.25) is 0 Å². The van der Waals surface area contributed by atoms with Gasteiger partial charge in [-0.05, 0) is 54.6 Å². The molecule has 0 saturated heterocycles. The molecule has 0 saturated carbocycles. The van der Waals surface area contributed by atoms with Gasteiger partial charge in [-0.1, -0.05) is 6.58 Å². The Hall–Kier alpha value is -4.18. The second-order valence-corrected chi connectivity index (χ2v) is 7.98. The van der Waals surface area contributed by atoms with Crippen LogP contribution in [-0.4, -0.2) is 36.4 Å². The monoisotopic (exact) mass is 442 g/mol. The molecule has 10 heteroatoms. The molecule has 4 N–H and O–H groups in total. The summed E-state index contributed by atoms with van der Waals surface area (Å²) in [6.07, 6.45) is 3.70. The van der Waals surface area contributed by atoms with Crippen molar-refractivity contribution >= 4 is 39.0 Å². The van der Waals surface area contributed by atoms with E-state index >= 15 is 0 Å². The molecule has 0 aliphatic heterocycles. The van der Waals surface area contributed by atoms with Crippen LogP contribution in [0.1, 0.15) is 0 Å².